The molecule has 2 aromatic carbocycles. The predicted molar refractivity (Wildman–Crippen MR) is 116 cm³/mol. The summed E-state index contributed by atoms with van der Waals surface area (Å²) >= 11 is -0.186. The third-order valence-corrected chi connectivity index (χ3v) is 6.42. The standard InChI is InChI=1S/C23H22F3N3O3S/c24-23(25,26)33-18-5-2-14(3-6-18)10-21(31)27-11-15-1-4-16-12-29(13-17(16)9-15)19-7-8-20(30)28-22(19)32/h1-6,9,19H,7-8,10-13H2,(H,27,31)(H,28,30,32). The van der Waals surface area contributed by atoms with Gasteiger partial charge in [-0.25, -0.2) is 0 Å². The summed E-state index contributed by atoms with van der Waals surface area (Å²) < 4.78 is 37.2. The number of nitrogens with one attached hydrogen (secondary N) is 2. The minimum atomic E-state index is -4.34. The van der Waals surface area contributed by atoms with Crippen LogP contribution in [0.1, 0.15) is 35.1 Å². The molecule has 0 aliphatic carbocycles. The van der Waals surface area contributed by atoms with Gasteiger partial charge in [0.25, 0.3) is 0 Å². The first-order valence-corrected chi connectivity index (χ1v) is 11.3. The van der Waals surface area contributed by atoms with Crippen molar-refractivity contribution in [3.63, 3.8) is 0 Å². The molecule has 1 atom stereocenters. The number of nitrogens with zero attached hydrogens (tertiary/aromatic N) is 1. The third kappa shape index (κ3) is 6.14. The van der Waals surface area contributed by atoms with Crippen LogP contribution in [0.3, 0.4) is 0 Å². The van der Waals surface area contributed by atoms with Crippen LogP contribution < -0.4 is 10.6 Å². The number of piperidine rings is 1. The molecular formula is C23H22F3N3O3S. The van der Waals surface area contributed by atoms with Crippen molar-refractivity contribution >= 4 is 29.5 Å². The van der Waals surface area contributed by atoms with Crippen LogP contribution in [0.25, 0.3) is 0 Å². The van der Waals surface area contributed by atoms with E-state index in [1.54, 1.807) is 0 Å². The number of carbonyl (C=O) groups is 3. The van der Waals surface area contributed by atoms with Crippen molar-refractivity contribution in [2.45, 2.75) is 55.3 Å². The fraction of sp³-hybridized carbons (Fsp3) is 0.348. The molecule has 0 aromatic heterocycles. The number of fused-ring (bicyclic) bond motifs is 1. The normalized spacial score (nSPS) is 18.7. The van der Waals surface area contributed by atoms with Gasteiger partial charge in [0.15, 0.2) is 0 Å². The highest BCUT2D eigenvalue weighted by molar-refractivity contribution is 8.00. The highest BCUT2D eigenvalue weighted by Gasteiger charge is 2.34. The fourth-order valence-corrected chi connectivity index (χ4v) is 4.63. The van der Waals surface area contributed by atoms with Gasteiger partial charge in [-0.2, -0.15) is 13.2 Å². The second-order valence-electron chi connectivity index (χ2n) is 8.12. The Hall–Kier alpha value is -2.85. The van der Waals surface area contributed by atoms with Crippen molar-refractivity contribution in [1.82, 2.24) is 15.5 Å². The van der Waals surface area contributed by atoms with Crippen LogP contribution in [0.4, 0.5) is 13.2 Å². The van der Waals surface area contributed by atoms with Crippen molar-refractivity contribution in [2.75, 3.05) is 0 Å². The van der Waals surface area contributed by atoms with Gasteiger partial charge in [0.2, 0.25) is 17.7 Å². The maximum Gasteiger partial charge on any atom is 0.446 e. The molecule has 2 heterocycles. The van der Waals surface area contributed by atoms with E-state index < -0.39 is 5.51 Å². The van der Waals surface area contributed by atoms with Gasteiger partial charge in [0.05, 0.1) is 12.5 Å². The zero-order chi connectivity index (χ0) is 23.6. The molecule has 0 spiro atoms. The van der Waals surface area contributed by atoms with Crippen LogP contribution in [0.5, 0.6) is 0 Å². The summed E-state index contributed by atoms with van der Waals surface area (Å²) in [5.41, 5.74) is -0.582. The molecule has 6 nitrogen and oxygen atoms in total. The molecular weight excluding hydrogens is 455 g/mol. The predicted octanol–water partition coefficient (Wildman–Crippen LogP) is 3.28. The van der Waals surface area contributed by atoms with E-state index in [0.29, 0.717) is 38.0 Å². The average Bonchev–Trinajstić information content (AvgIpc) is 3.15. The van der Waals surface area contributed by atoms with Crippen molar-refractivity contribution in [3.05, 3.63) is 64.7 Å². The number of halogens is 3. The van der Waals surface area contributed by atoms with Gasteiger partial charge >= 0.3 is 5.51 Å². The molecule has 33 heavy (non-hydrogen) atoms. The van der Waals surface area contributed by atoms with Crippen molar-refractivity contribution in [3.8, 4) is 0 Å². The summed E-state index contributed by atoms with van der Waals surface area (Å²) in [5.74, 6) is -0.712. The Balaban J connectivity index is 1.28. The molecule has 3 amide bonds. The van der Waals surface area contributed by atoms with E-state index in [-0.39, 0.29) is 46.8 Å². The Labute approximate surface area is 192 Å². The first-order valence-electron chi connectivity index (χ1n) is 10.5. The molecule has 4 rings (SSSR count). The summed E-state index contributed by atoms with van der Waals surface area (Å²) in [7, 11) is 0. The third-order valence-electron chi connectivity index (χ3n) is 5.68. The van der Waals surface area contributed by atoms with Crippen molar-refractivity contribution in [2.24, 2.45) is 0 Å². The molecule has 2 aromatic rings. The lowest BCUT2D eigenvalue weighted by atomic mass is 10.0. The number of thioether (sulfide) groups is 1. The van der Waals surface area contributed by atoms with E-state index in [0.717, 1.165) is 16.7 Å². The lowest BCUT2D eigenvalue weighted by Crippen LogP contribution is -2.50. The van der Waals surface area contributed by atoms with Crippen molar-refractivity contribution < 1.29 is 27.6 Å². The Morgan fingerprint density at radius 2 is 1.76 bits per heavy atom. The van der Waals surface area contributed by atoms with Gasteiger partial charge < -0.3 is 5.32 Å². The first-order chi connectivity index (χ1) is 15.7. The number of imide groups is 1. The molecule has 1 unspecified atom stereocenters. The second kappa shape index (κ2) is 9.56. The minimum Gasteiger partial charge on any atom is -0.352 e. The molecule has 2 aliphatic rings. The Morgan fingerprint density at radius 1 is 1.06 bits per heavy atom. The Bertz CT molecular complexity index is 1070. The highest BCUT2D eigenvalue weighted by atomic mass is 32.2. The second-order valence-corrected chi connectivity index (χ2v) is 9.26. The summed E-state index contributed by atoms with van der Waals surface area (Å²) in [6.07, 6.45) is 0.924. The number of amides is 3. The molecule has 0 saturated carbocycles. The molecule has 2 N–H and O–H groups in total. The topological polar surface area (TPSA) is 78.5 Å². The monoisotopic (exact) mass is 477 g/mol. The number of hydrogen-bond acceptors (Lipinski definition) is 5. The van der Waals surface area contributed by atoms with E-state index in [1.165, 1.54) is 24.3 Å². The molecule has 0 radical (unpaired) electrons. The van der Waals surface area contributed by atoms with Crippen LogP contribution >= 0.6 is 11.8 Å². The number of carbonyl (C=O) groups excluding carboxylic acids is 3. The van der Waals surface area contributed by atoms with E-state index in [2.05, 4.69) is 15.5 Å². The largest absolute Gasteiger partial charge is 0.446 e. The van der Waals surface area contributed by atoms with Gasteiger partial charge in [-0.3, -0.25) is 24.6 Å². The molecule has 174 valence electrons. The zero-order valence-electron chi connectivity index (χ0n) is 17.6. The summed E-state index contributed by atoms with van der Waals surface area (Å²) in [6, 6.07) is 11.4. The average molecular weight is 478 g/mol. The van der Waals surface area contributed by atoms with Crippen LogP contribution in [-0.2, 0) is 40.4 Å². The lowest BCUT2D eigenvalue weighted by molar-refractivity contribution is -0.137. The van der Waals surface area contributed by atoms with Gasteiger partial charge in [0.1, 0.15) is 0 Å². The molecule has 10 heteroatoms. The minimum absolute atomic E-state index is 0.0746. The van der Waals surface area contributed by atoms with Gasteiger partial charge in [0, 0.05) is 31.0 Å². The summed E-state index contributed by atoms with van der Waals surface area (Å²) in [5, 5.41) is 5.23. The van der Waals surface area contributed by atoms with Gasteiger partial charge in [-0.15, -0.1) is 0 Å². The summed E-state index contributed by atoms with van der Waals surface area (Å²) in [6.45, 7) is 1.56. The lowest BCUT2D eigenvalue weighted by Gasteiger charge is -2.29. The van der Waals surface area contributed by atoms with Crippen molar-refractivity contribution in [1.29, 1.82) is 0 Å². The summed E-state index contributed by atoms with van der Waals surface area (Å²) in [4.78, 5) is 37.9. The fourth-order valence-electron chi connectivity index (χ4n) is 4.09. The molecule has 1 saturated heterocycles. The van der Waals surface area contributed by atoms with Crippen LogP contribution in [0, 0.1) is 0 Å². The number of hydrogen-bond donors (Lipinski definition) is 2. The van der Waals surface area contributed by atoms with Crippen LogP contribution in [0.15, 0.2) is 47.4 Å². The quantitative estimate of drug-likeness (QED) is 0.493. The van der Waals surface area contributed by atoms with E-state index in [9.17, 15) is 27.6 Å². The number of alkyl halides is 3. The zero-order valence-corrected chi connectivity index (χ0v) is 18.4. The van der Waals surface area contributed by atoms with Crippen LogP contribution in [-0.4, -0.2) is 34.2 Å². The SMILES string of the molecule is O=C(Cc1ccc(SC(F)(F)F)cc1)NCc1ccc2c(c1)CN(C1CCC(=O)NC1=O)C2. The van der Waals surface area contributed by atoms with Gasteiger partial charge in [-0.05, 0) is 52.6 Å². The van der Waals surface area contributed by atoms with Crippen LogP contribution in [0.2, 0.25) is 0 Å². The molecule has 1 fully saturated rings. The van der Waals surface area contributed by atoms with Gasteiger partial charge in [-0.1, -0.05) is 30.3 Å². The number of benzene rings is 2. The Morgan fingerprint density at radius 3 is 2.45 bits per heavy atom. The van der Waals surface area contributed by atoms with E-state index in [4.69, 9.17) is 0 Å². The van der Waals surface area contributed by atoms with E-state index >= 15 is 0 Å². The molecule has 2 aliphatic heterocycles. The highest BCUT2D eigenvalue weighted by Crippen LogP contribution is 2.36. The molecule has 0 bridgehead atoms. The smallest absolute Gasteiger partial charge is 0.352 e. The first kappa shape index (κ1) is 23.3. The maximum absolute atomic E-state index is 12.4. The Kier molecular flexibility index (Phi) is 6.76. The number of rotatable bonds is 6. The van der Waals surface area contributed by atoms with E-state index in [1.807, 2.05) is 18.2 Å². The maximum atomic E-state index is 12.4.